The Morgan fingerprint density at radius 3 is 2.48 bits per heavy atom. The molecule has 3 fully saturated rings. The zero-order valence-corrected chi connectivity index (χ0v) is 18.7. The molecule has 0 aromatic carbocycles. The van der Waals surface area contributed by atoms with Crippen LogP contribution >= 0.6 is 15.9 Å². The SMILES string of the molecule is CC(=O)O[C@H]1CC[C@@]2(C)C(=CC(Br)[C@H]3[C@@H]4CC[C@H](C(C)=O)[C@@]4(C)CC[C@@H]32)C1. The van der Waals surface area contributed by atoms with Gasteiger partial charge in [-0.25, -0.2) is 0 Å². The number of carbonyl (C=O) groups is 2. The third-order valence-electron chi connectivity index (χ3n) is 8.87. The standard InChI is InChI=1S/C23H33BrO3/c1-13(25)17-5-6-18-21-19(8-10-23(17,18)4)22(3)9-7-16(27-14(2)26)11-15(22)12-20(21)24/h12,16-21H,5-11H2,1-4H3/t16-,17+,18-,19-,20?,21-,22-,23+/m0/s1. The molecule has 4 rings (SSSR count). The first-order valence-corrected chi connectivity index (χ1v) is 11.6. The lowest BCUT2D eigenvalue weighted by Gasteiger charge is -2.59. The Morgan fingerprint density at radius 2 is 1.81 bits per heavy atom. The summed E-state index contributed by atoms with van der Waals surface area (Å²) in [4.78, 5) is 24.1. The van der Waals surface area contributed by atoms with E-state index < -0.39 is 0 Å². The fourth-order valence-corrected chi connectivity index (χ4v) is 8.63. The van der Waals surface area contributed by atoms with E-state index in [2.05, 4.69) is 35.9 Å². The number of allylic oxidation sites excluding steroid dienone is 1. The highest BCUT2D eigenvalue weighted by Gasteiger charge is 2.61. The fraction of sp³-hybridized carbons (Fsp3) is 0.826. The second-order valence-corrected chi connectivity index (χ2v) is 11.2. The average molecular weight is 437 g/mol. The number of Topliss-reactive ketones (excluding diaryl/α,β-unsaturated/α-hetero) is 1. The maximum Gasteiger partial charge on any atom is 0.302 e. The molecule has 150 valence electrons. The van der Waals surface area contributed by atoms with Crippen LogP contribution in [0.3, 0.4) is 0 Å². The molecule has 0 N–H and O–H groups in total. The Kier molecular flexibility index (Phi) is 4.89. The minimum absolute atomic E-state index is 0.0421. The van der Waals surface area contributed by atoms with E-state index >= 15 is 0 Å². The number of esters is 1. The van der Waals surface area contributed by atoms with Crippen molar-refractivity contribution in [2.75, 3.05) is 0 Å². The van der Waals surface area contributed by atoms with Crippen molar-refractivity contribution >= 4 is 27.7 Å². The number of hydrogen-bond acceptors (Lipinski definition) is 3. The Hall–Kier alpha value is -0.640. The minimum Gasteiger partial charge on any atom is -0.462 e. The molecule has 0 saturated heterocycles. The van der Waals surface area contributed by atoms with Gasteiger partial charge in [-0.1, -0.05) is 41.4 Å². The summed E-state index contributed by atoms with van der Waals surface area (Å²) in [6, 6.07) is 0. The van der Waals surface area contributed by atoms with Gasteiger partial charge in [-0.15, -0.1) is 0 Å². The van der Waals surface area contributed by atoms with Crippen LogP contribution in [-0.2, 0) is 14.3 Å². The zero-order chi connectivity index (χ0) is 19.6. The molecule has 8 atom stereocenters. The van der Waals surface area contributed by atoms with Crippen molar-refractivity contribution in [1.29, 1.82) is 0 Å². The van der Waals surface area contributed by atoms with E-state index in [9.17, 15) is 9.59 Å². The van der Waals surface area contributed by atoms with Crippen molar-refractivity contribution in [1.82, 2.24) is 0 Å². The van der Waals surface area contributed by atoms with Crippen molar-refractivity contribution in [3.05, 3.63) is 11.6 Å². The molecule has 4 aliphatic carbocycles. The van der Waals surface area contributed by atoms with Gasteiger partial charge in [-0.3, -0.25) is 9.59 Å². The average Bonchev–Trinajstić information content (AvgIpc) is 2.93. The van der Waals surface area contributed by atoms with Crippen molar-refractivity contribution in [3.63, 3.8) is 0 Å². The number of carbonyl (C=O) groups excluding carboxylic acids is 2. The van der Waals surface area contributed by atoms with E-state index in [-0.39, 0.29) is 28.8 Å². The summed E-state index contributed by atoms with van der Waals surface area (Å²) in [7, 11) is 0. The molecule has 0 aromatic heterocycles. The number of ketones is 1. The normalized spacial score (nSPS) is 48.7. The predicted octanol–water partition coefficient (Wildman–Crippen LogP) is 5.46. The van der Waals surface area contributed by atoms with E-state index in [0.717, 1.165) is 25.7 Å². The van der Waals surface area contributed by atoms with Gasteiger partial charge < -0.3 is 4.74 Å². The number of halogens is 1. The predicted molar refractivity (Wildman–Crippen MR) is 110 cm³/mol. The van der Waals surface area contributed by atoms with Crippen molar-refractivity contribution in [2.24, 2.45) is 34.5 Å². The highest BCUT2D eigenvalue weighted by Crippen LogP contribution is 2.67. The lowest BCUT2D eigenvalue weighted by atomic mass is 9.47. The van der Waals surface area contributed by atoms with E-state index in [4.69, 9.17) is 4.74 Å². The van der Waals surface area contributed by atoms with Gasteiger partial charge in [0, 0.05) is 24.1 Å². The van der Waals surface area contributed by atoms with Crippen LogP contribution in [0.5, 0.6) is 0 Å². The summed E-state index contributed by atoms with van der Waals surface area (Å²) in [5, 5.41) is 0. The summed E-state index contributed by atoms with van der Waals surface area (Å²) >= 11 is 4.04. The highest BCUT2D eigenvalue weighted by atomic mass is 79.9. The number of alkyl halides is 1. The molecule has 0 bridgehead atoms. The van der Waals surface area contributed by atoms with E-state index in [1.54, 1.807) is 6.92 Å². The van der Waals surface area contributed by atoms with Crippen molar-refractivity contribution < 1.29 is 14.3 Å². The van der Waals surface area contributed by atoms with Gasteiger partial charge in [0.2, 0.25) is 0 Å². The van der Waals surface area contributed by atoms with Gasteiger partial charge in [-0.05, 0) is 74.0 Å². The van der Waals surface area contributed by atoms with Gasteiger partial charge in [0.15, 0.2) is 0 Å². The van der Waals surface area contributed by atoms with Gasteiger partial charge in [0.05, 0.1) is 0 Å². The Morgan fingerprint density at radius 1 is 1.07 bits per heavy atom. The van der Waals surface area contributed by atoms with Gasteiger partial charge >= 0.3 is 5.97 Å². The molecular formula is C23H33BrO3. The third kappa shape index (κ3) is 2.96. The molecular weight excluding hydrogens is 404 g/mol. The van der Waals surface area contributed by atoms with E-state index in [1.807, 2.05) is 0 Å². The molecule has 0 heterocycles. The van der Waals surface area contributed by atoms with Gasteiger partial charge in [-0.2, -0.15) is 0 Å². The quantitative estimate of drug-likeness (QED) is 0.327. The summed E-state index contributed by atoms with van der Waals surface area (Å²) in [5.74, 6) is 2.40. The lowest BCUT2D eigenvalue weighted by molar-refractivity contribution is -0.149. The van der Waals surface area contributed by atoms with Crippen molar-refractivity contribution in [2.45, 2.75) is 83.6 Å². The Bertz CT molecular complexity index is 685. The van der Waals surface area contributed by atoms with Crippen LogP contribution in [0.15, 0.2) is 11.6 Å². The molecule has 0 aliphatic heterocycles. The van der Waals surface area contributed by atoms with Gasteiger partial charge in [0.25, 0.3) is 0 Å². The minimum atomic E-state index is -0.164. The molecule has 1 unspecified atom stereocenters. The summed E-state index contributed by atoms with van der Waals surface area (Å²) in [5.41, 5.74) is 1.89. The second kappa shape index (κ2) is 6.71. The Labute approximate surface area is 171 Å². The maximum absolute atomic E-state index is 12.3. The molecule has 4 aliphatic rings. The molecule has 3 nitrogen and oxygen atoms in total. The van der Waals surface area contributed by atoms with Crippen LogP contribution in [-0.4, -0.2) is 22.7 Å². The molecule has 0 spiro atoms. The fourth-order valence-electron chi connectivity index (χ4n) is 7.57. The summed E-state index contributed by atoms with van der Waals surface area (Å²) < 4.78 is 5.55. The maximum atomic E-state index is 12.3. The molecule has 27 heavy (non-hydrogen) atoms. The smallest absolute Gasteiger partial charge is 0.302 e. The molecule has 3 saturated carbocycles. The van der Waals surface area contributed by atoms with Crippen LogP contribution in [0.2, 0.25) is 0 Å². The van der Waals surface area contributed by atoms with Crippen LogP contribution in [0, 0.1) is 34.5 Å². The van der Waals surface area contributed by atoms with Crippen molar-refractivity contribution in [3.8, 4) is 0 Å². The van der Waals surface area contributed by atoms with Crippen LogP contribution in [0.25, 0.3) is 0 Å². The summed E-state index contributed by atoms with van der Waals surface area (Å²) in [6.07, 6.45) is 10.1. The van der Waals surface area contributed by atoms with Crippen LogP contribution in [0.1, 0.15) is 72.6 Å². The Balaban J connectivity index is 1.64. The number of ether oxygens (including phenoxy) is 1. The van der Waals surface area contributed by atoms with E-state index in [0.29, 0.717) is 28.4 Å². The first-order valence-electron chi connectivity index (χ1n) is 10.7. The zero-order valence-electron chi connectivity index (χ0n) is 17.1. The number of hydrogen-bond donors (Lipinski definition) is 0. The monoisotopic (exact) mass is 436 g/mol. The molecule has 0 aromatic rings. The lowest BCUT2D eigenvalue weighted by Crippen LogP contribution is -2.54. The molecule has 4 heteroatoms. The van der Waals surface area contributed by atoms with Crippen LogP contribution < -0.4 is 0 Å². The third-order valence-corrected chi connectivity index (χ3v) is 9.74. The molecule has 0 amide bonds. The highest BCUT2D eigenvalue weighted by molar-refractivity contribution is 9.09. The van der Waals surface area contributed by atoms with Gasteiger partial charge in [0.1, 0.15) is 11.9 Å². The summed E-state index contributed by atoms with van der Waals surface area (Å²) in [6.45, 7) is 8.16. The molecule has 0 radical (unpaired) electrons. The second-order valence-electron chi connectivity index (χ2n) is 10.1. The first-order chi connectivity index (χ1) is 12.7. The van der Waals surface area contributed by atoms with Crippen LogP contribution in [0.4, 0.5) is 0 Å². The first kappa shape index (κ1) is 19.7. The topological polar surface area (TPSA) is 43.4 Å². The van der Waals surface area contributed by atoms with E-state index in [1.165, 1.54) is 31.8 Å². The largest absolute Gasteiger partial charge is 0.462 e. The number of rotatable bonds is 2. The number of fused-ring (bicyclic) bond motifs is 5.